The Hall–Kier alpha value is -2.45. The molecule has 0 radical (unpaired) electrons. The minimum atomic E-state index is -0.330. The first-order chi connectivity index (χ1) is 14.5. The number of fused-ring (bicyclic) bond motifs is 2. The van der Waals surface area contributed by atoms with Gasteiger partial charge in [-0.1, -0.05) is 6.07 Å². The van der Waals surface area contributed by atoms with Gasteiger partial charge in [0.15, 0.2) is 0 Å². The van der Waals surface area contributed by atoms with Crippen molar-refractivity contribution in [2.24, 2.45) is 5.92 Å². The molecule has 2 saturated heterocycles. The quantitative estimate of drug-likeness (QED) is 0.768. The number of nitrogens with one attached hydrogen (secondary N) is 1. The fourth-order valence-corrected chi connectivity index (χ4v) is 6.09. The second-order valence-corrected chi connectivity index (χ2v) is 9.49. The van der Waals surface area contributed by atoms with Gasteiger partial charge in [-0.15, -0.1) is 11.3 Å². The number of nitrogen functional groups attached to an aromatic ring is 1. The predicted molar refractivity (Wildman–Crippen MR) is 115 cm³/mol. The molecule has 0 aromatic carbocycles. The first kappa shape index (κ1) is 19.5. The van der Waals surface area contributed by atoms with Crippen molar-refractivity contribution >= 4 is 29.0 Å². The lowest BCUT2D eigenvalue weighted by atomic mass is 9.81. The van der Waals surface area contributed by atoms with Crippen molar-refractivity contribution in [1.82, 2.24) is 15.2 Å². The summed E-state index contributed by atoms with van der Waals surface area (Å²) in [6.45, 7) is 2.62. The molecule has 0 saturated carbocycles. The third-order valence-electron chi connectivity index (χ3n) is 6.51. The minimum absolute atomic E-state index is 0.0192. The Morgan fingerprint density at radius 2 is 2.17 bits per heavy atom. The van der Waals surface area contributed by atoms with E-state index >= 15 is 0 Å². The van der Waals surface area contributed by atoms with Gasteiger partial charge in [-0.05, 0) is 43.0 Å². The zero-order valence-electron chi connectivity index (χ0n) is 16.9. The lowest BCUT2D eigenvalue weighted by molar-refractivity contribution is -0.147. The highest BCUT2D eigenvalue weighted by Crippen LogP contribution is 2.46. The van der Waals surface area contributed by atoms with Gasteiger partial charge in [0.2, 0.25) is 11.8 Å². The third-order valence-corrected chi connectivity index (χ3v) is 7.73. The van der Waals surface area contributed by atoms with Crippen molar-refractivity contribution in [3.63, 3.8) is 0 Å². The Kier molecular flexibility index (Phi) is 4.99. The van der Waals surface area contributed by atoms with E-state index in [2.05, 4.69) is 16.4 Å². The number of nitrogens with zero attached hydrogens (tertiary/aromatic N) is 2. The van der Waals surface area contributed by atoms with Crippen LogP contribution in [0.25, 0.3) is 10.6 Å². The molecule has 2 aromatic heterocycles. The maximum Gasteiger partial charge on any atom is 0.226 e. The Morgan fingerprint density at radius 1 is 1.33 bits per heavy atom. The Labute approximate surface area is 179 Å². The molecule has 0 aliphatic carbocycles. The van der Waals surface area contributed by atoms with Crippen LogP contribution in [0.1, 0.15) is 36.1 Å². The van der Waals surface area contributed by atoms with Crippen LogP contribution in [-0.2, 0) is 26.3 Å². The lowest BCUT2D eigenvalue weighted by Gasteiger charge is -2.44. The van der Waals surface area contributed by atoms with Crippen molar-refractivity contribution in [2.75, 3.05) is 32.0 Å². The summed E-state index contributed by atoms with van der Waals surface area (Å²) in [5.41, 5.74) is 7.69. The zero-order chi connectivity index (χ0) is 20.7. The van der Waals surface area contributed by atoms with Crippen molar-refractivity contribution < 1.29 is 14.3 Å². The number of carbonyl (C=O) groups is 2. The van der Waals surface area contributed by atoms with Crippen LogP contribution < -0.4 is 11.1 Å². The molecular weight excluding hydrogens is 400 g/mol. The van der Waals surface area contributed by atoms with Gasteiger partial charge < -0.3 is 20.7 Å². The summed E-state index contributed by atoms with van der Waals surface area (Å²) < 4.78 is 6.36. The maximum absolute atomic E-state index is 12.9. The van der Waals surface area contributed by atoms with Crippen LogP contribution in [0.4, 0.5) is 5.82 Å². The summed E-state index contributed by atoms with van der Waals surface area (Å²) in [5, 5.41) is 2.81. The van der Waals surface area contributed by atoms with Crippen LogP contribution in [0.5, 0.6) is 0 Å². The fraction of sp³-hybridized carbons (Fsp3) is 0.500. The molecule has 1 atom stereocenters. The summed E-state index contributed by atoms with van der Waals surface area (Å²) in [5.74, 6) is 0.436. The summed E-state index contributed by atoms with van der Waals surface area (Å²) in [6, 6.07) is 7.93. The number of pyridine rings is 1. The number of amides is 2. The molecule has 5 heterocycles. The molecule has 7 nitrogen and oxygen atoms in total. The number of piperidine rings is 2. The Bertz CT molecular complexity index is 981. The number of likely N-dealkylation sites (tertiary alicyclic amines) is 1. The van der Waals surface area contributed by atoms with E-state index in [0.29, 0.717) is 38.5 Å². The molecule has 158 valence electrons. The topological polar surface area (TPSA) is 97.5 Å². The predicted octanol–water partition coefficient (Wildman–Crippen LogP) is 2.31. The van der Waals surface area contributed by atoms with E-state index in [4.69, 9.17) is 10.5 Å². The largest absolute Gasteiger partial charge is 0.384 e. The number of rotatable bonds is 2. The minimum Gasteiger partial charge on any atom is -0.384 e. The van der Waals surface area contributed by atoms with E-state index in [1.165, 1.54) is 10.4 Å². The highest BCUT2D eigenvalue weighted by Gasteiger charge is 2.43. The van der Waals surface area contributed by atoms with Gasteiger partial charge in [0.25, 0.3) is 0 Å². The van der Waals surface area contributed by atoms with Crippen LogP contribution in [0.15, 0.2) is 24.3 Å². The average molecular weight is 427 g/mol. The van der Waals surface area contributed by atoms with E-state index in [1.54, 1.807) is 17.4 Å². The van der Waals surface area contributed by atoms with Crippen LogP contribution in [0.3, 0.4) is 0 Å². The molecule has 1 spiro atoms. The number of carbonyl (C=O) groups excluding carboxylic acids is 2. The first-order valence-electron chi connectivity index (χ1n) is 10.6. The van der Waals surface area contributed by atoms with Crippen molar-refractivity contribution in [3.05, 3.63) is 34.7 Å². The van der Waals surface area contributed by atoms with Crippen LogP contribution in [0, 0.1) is 5.92 Å². The summed E-state index contributed by atoms with van der Waals surface area (Å²) >= 11 is 1.77. The SMILES string of the molecule is Nc1cccc(-c2cc3c(s2)CCOC32CCN(C(=O)C3CCNC(=O)C3)CC2)n1. The van der Waals surface area contributed by atoms with Gasteiger partial charge in [-0.2, -0.15) is 0 Å². The zero-order valence-corrected chi connectivity index (χ0v) is 17.7. The van der Waals surface area contributed by atoms with Gasteiger partial charge in [-0.3, -0.25) is 9.59 Å². The molecular formula is C22H26N4O3S. The second kappa shape index (κ2) is 7.67. The van der Waals surface area contributed by atoms with Crippen LogP contribution in [-0.4, -0.2) is 47.9 Å². The number of hydrogen-bond donors (Lipinski definition) is 2. The van der Waals surface area contributed by atoms with Gasteiger partial charge in [0, 0.05) is 43.3 Å². The number of anilines is 1. The molecule has 8 heteroatoms. The maximum atomic E-state index is 12.9. The molecule has 5 rings (SSSR count). The molecule has 2 fully saturated rings. The lowest BCUT2D eigenvalue weighted by Crippen LogP contribution is -2.50. The molecule has 3 N–H and O–H groups in total. The van der Waals surface area contributed by atoms with Gasteiger partial charge in [0.1, 0.15) is 5.82 Å². The van der Waals surface area contributed by atoms with Gasteiger partial charge in [0.05, 0.1) is 22.8 Å². The Balaban J connectivity index is 1.34. The highest BCUT2D eigenvalue weighted by atomic mass is 32.1. The molecule has 1 unspecified atom stereocenters. The number of hydrogen-bond acceptors (Lipinski definition) is 6. The monoisotopic (exact) mass is 426 g/mol. The number of ether oxygens (including phenoxy) is 1. The number of aromatic nitrogens is 1. The van der Waals surface area contributed by atoms with E-state index in [0.717, 1.165) is 36.3 Å². The first-order valence-corrected chi connectivity index (χ1v) is 11.4. The summed E-state index contributed by atoms with van der Waals surface area (Å²) in [4.78, 5) is 33.5. The van der Waals surface area contributed by atoms with Crippen LogP contribution >= 0.6 is 11.3 Å². The van der Waals surface area contributed by atoms with E-state index in [-0.39, 0.29) is 23.3 Å². The van der Waals surface area contributed by atoms with Crippen molar-refractivity contribution in [3.8, 4) is 10.6 Å². The van der Waals surface area contributed by atoms with Crippen molar-refractivity contribution in [2.45, 2.75) is 37.7 Å². The normalized spacial score (nSPS) is 23.1. The average Bonchev–Trinajstić information content (AvgIpc) is 3.20. The highest BCUT2D eigenvalue weighted by molar-refractivity contribution is 7.15. The van der Waals surface area contributed by atoms with Gasteiger partial charge >= 0.3 is 0 Å². The molecule has 3 aliphatic heterocycles. The van der Waals surface area contributed by atoms with E-state index in [9.17, 15) is 9.59 Å². The Morgan fingerprint density at radius 3 is 2.93 bits per heavy atom. The standard InChI is InChI=1S/C22H26N4O3S/c23-19-3-1-2-16(25-19)18-13-15-17(30-18)5-11-29-22(15)6-9-26(10-7-22)21(28)14-4-8-24-20(27)12-14/h1-3,13-14H,4-12H2,(H2,23,25)(H,24,27). The molecule has 3 aliphatic rings. The fourth-order valence-electron chi connectivity index (χ4n) is 4.89. The molecule has 2 amide bonds. The van der Waals surface area contributed by atoms with E-state index in [1.807, 2.05) is 17.0 Å². The smallest absolute Gasteiger partial charge is 0.226 e. The number of thiophene rings is 1. The van der Waals surface area contributed by atoms with E-state index < -0.39 is 0 Å². The van der Waals surface area contributed by atoms with Crippen LogP contribution in [0.2, 0.25) is 0 Å². The number of nitrogens with two attached hydrogens (primary N) is 1. The third kappa shape index (κ3) is 3.48. The summed E-state index contributed by atoms with van der Waals surface area (Å²) in [7, 11) is 0. The second-order valence-electron chi connectivity index (χ2n) is 8.35. The van der Waals surface area contributed by atoms with Crippen molar-refractivity contribution in [1.29, 1.82) is 0 Å². The molecule has 0 bridgehead atoms. The molecule has 2 aromatic rings. The van der Waals surface area contributed by atoms with Gasteiger partial charge in [-0.25, -0.2) is 4.98 Å². The molecule has 30 heavy (non-hydrogen) atoms. The summed E-state index contributed by atoms with van der Waals surface area (Å²) in [6.07, 6.45) is 3.51.